The Hall–Kier alpha value is -2.08. The second-order valence-electron chi connectivity index (χ2n) is 5.76. The van der Waals surface area contributed by atoms with E-state index in [0.717, 1.165) is 25.9 Å². The maximum Gasteiger partial charge on any atom is 0.321 e. The molecule has 1 unspecified atom stereocenters. The lowest BCUT2D eigenvalue weighted by Crippen LogP contribution is -2.40. The van der Waals surface area contributed by atoms with Crippen molar-refractivity contribution >= 4 is 17.6 Å². The van der Waals surface area contributed by atoms with Crippen molar-refractivity contribution in [1.82, 2.24) is 15.1 Å². The van der Waals surface area contributed by atoms with Gasteiger partial charge in [-0.2, -0.15) is 0 Å². The Bertz CT molecular complexity index is 545. The summed E-state index contributed by atoms with van der Waals surface area (Å²) in [6.45, 7) is 1.60. The Morgan fingerprint density at radius 3 is 2.82 bits per heavy atom. The molecule has 120 valence electrons. The zero-order valence-electron chi connectivity index (χ0n) is 13.4. The van der Waals surface area contributed by atoms with Gasteiger partial charge in [-0.05, 0) is 38.1 Å². The van der Waals surface area contributed by atoms with Gasteiger partial charge in [0.2, 0.25) is 0 Å². The number of nitrogens with one attached hydrogen (secondary N) is 2. The molecule has 0 bridgehead atoms. The number of urea groups is 1. The van der Waals surface area contributed by atoms with Gasteiger partial charge in [0.1, 0.15) is 0 Å². The number of likely N-dealkylation sites (N-methyl/N-ethyl adjacent to an activating group) is 1. The van der Waals surface area contributed by atoms with Gasteiger partial charge in [0, 0.05) is 44.5 Å². The van der Waals surface area contributed by atoms with E-state index in [1.165, 1.54) is 4.90 Å². The predicted octanol–water partition coefficient (Wildman–Crippen LogP) is 1.60. The van der Waals surface area contributed by atoms with Crippen LogP contribution < -0.4 is 10.6 Å². The Morgan fingerprint density at radius 1 is 1.36 bits per heavy atom. The largest absolute Gasteiger partial charge is 0.334 e. The number of anilines is 1. The van der Waals surface area contributed by atoms with Crippen molar-refractivity contribution in [2.75, 3.05) is 39.5 Å². The molecule has 0 radical (unpaired) electrons. The maximum absolute atomic E-state index is 12.7. The van der Waals surface area contributed by atoms with Gasteiger partial charge < -0.3 is 20.4 Å². The molecule has 0 aliphatic carbocycles. The van der Waals surface area contributed by atoms with Gasteiger partial charge >= 0.3 is 6.03 Å². The standard InChI is InChI=1S/C16H24N4O2/c1-17-11-14-8-5-9-20(14)15(21)12-6-4-7-13(10-12)18-16(22)19(2)3/h4,6-7,10,14,17H,5,8-9,11H2,1-3H3,(H,18,22). The molecular weight excluding hydrogens is 280 g/mol. The summed E-state index contributed by atoms with van der Waals surface area (Å²) in [7, 11) is 5.26. The third-order valence-corrected chi connectivity index (χ3v) is 3.84. The number of hydrogen-bond acceptors (Lipinski definition) is 3. The zero-order chi connectivity index (χ0) is 16.1. The van der Waals surface area contributed by atoms with E-state index in [1.54, 1.807) is 38.4 Å². The van der Waals surface area contributed by atoms with Crippen LogP contribution in [0.1, 0.15) is 23.2 Å². The Labute approximate surface area is 131 Å². The molecule has 1 atom stereocenters. The molecule has 1 aromatic carbocycles. The first-order valence-electron chi connectivity index (χ1n) is 7.57. The third kappa shape index (κ3) is 3.76. The van der Waals surface area contributed by atoms with E-state index in [9.17, 15) is 9.59 Å². The van der Waals surface area contributed by atoms with Crippen LogP contribution in [-0.4, -0.2) is 62.0 Å². The molecule has 22 heavy (non-hydrogen) atoms. The molecule has 0 aromatic heterocycles. The van der Waals surface area contributed by atoms with Crippen molar-refractivity contribution < 1.29 is 9.59 Å². The Balaban J connectivity index is 2.11. The summed E-state index contributed by atoms with van der Waals surface area (Å²) >= 11 is 0. The van der Waals surface area contributed by atoms with Gasteiger partial charge in [-0.15, -0.1) is 0 Å². The fourth-order valence-corrected chi connectivity index (χ4v) is 2.68. The van der Waals surface area contributed by atoms with Crippen molar-refractivity contribution in [2.45, 2.75) is 18.9 Å². The van der Waals surface area contributed by atoms with Crippen LogP contribution in [0, 0.1) is 0 Å². The highest BCUT2D eigenvalue weighted by Crippen LogP contribution is 2.21. The first-order chi connectivity index (χ1) is 10.5. The van der Waals surface area contributed by atoms with Crippen LogP contribution in [0.5, 0.6) is 0 Å². The third-order valence-electron chi connectivity index (χ3n) is 3.84. The molecule has 1 aliphatic heterocycles. The number of nitrogens with zero attached hydrogens (tertiary/aromatic N) is 2. The highest BCUT2D eigenvalue weighted by molar-refractivity contribution is 5.97. The molecule has 1 fully saturated rings. The van der Waals surface area contributed by atoms with Gasteiger partial charge in [0.15, 0.2) is 0 Å². The fourth-order valence-electron chi connectivity index (χ4n) is 2.68. The minimum absolute atomic E-state index is 0.0266. The molecule has 0 spiro atoms. The van der Waals surface area contributed by atoms with E-state index >= 15 is 0 Å². The summed E-state index contributed by atoms with van der Waals surface area (Å²) in [5.41, 5.74) is 1.24. The monoisotopic (exact) mass is 304 g/mol. The van der Waals surface area contributed by atoms with Crippen LogP contribution in [0.15, 0.2) is 24.3 Å². The van der Waals surface area contributed by atoms with Gasteiger partial charge in [-0.1, -0.05) is 6.07 Å². The smallest absolute Gasteiger partial charge is 0.321 e. The first kappa shape index (κ1) is 16.3. The summed E-state index contributed by atoms with van der Waals surface area (Å²) in [5.74, 6) is 0.0266. The summed E-state index contributed by atoms with van der Waals surface area (Å²) in [5, 5.41) is 5.91. The minimum Gasteiger partial charge on any atom is -0.334 e. The highest BCUT2D eigenvalue weighted by atomic mass is 16.2. The van der Waals surface area contributed by atoms with Gasteiger partial charge in [0.25, 0.3) is 5.91 Å². The average molecular weight is 304 g/mol. The molecule has 2 rings (SSSR count). The topological polar surface area (TPSA) is 64.7 Å². The predicted molar refractivity (Wildman–Crippen MR) is 87.1 cm³/mol. The summed E-state index contributed by atoms with van der Waals surface area (Å²) in [6, 6.07) is 7.15. The highest BCUT2D eigenvalue weighted by Gasteiger charge is 2.28. The normalized spacial score (nSPS) is 17.4. The van der Waals surface area contributed by atoms with Crippen molar-refractivity contribution in [3.05, 3.63) is 29.8 Å². The lowest BCUT2D eigenvalue weighted by Gasteiger charge is -2.24. The van der Waals surface area contributed by atoms with Crippen LogP contribution in [0.3, 0.4) is 0 Å². The molecule has 1 saturated heterocycles. The van der Waals surface area contributed by atoms with E-state index in [0.29, 0.717) is 11.3 Å². The van der Waals surface area contributed by atoms with Crippen LogP contribution in [0.25, 0.3) is 0 Å². The number of benzene rings is 1. The van der Waals surface area contributed by atoms with Crippen molar-refractivity contribution in [3.63, 3.8) is 0 Å². The number of rotatable bonds is 4. The molecule has 1 aromatic rings. The number of carbonyl (C=O) groups is 2. The molecule has 1 heterocycles. The van der Waals surface area contributed by atoms with E-state index in [4.69, 9.17) is 0 Å². The quantitative estimate of drug-likeness (QED) is 0.888. The Kier molecular flexibility index (Phi) is 5.38. The second-order valence-corrected chi connectivity index (χ2v) is 5.76. The minimum atomic E-state index is -0.209. The number of carbonyl (C=O) groups excluding carboxylic acids is 2. The molecule has 0 saturated carbocycles. The SMILES string of the molecule is CNCC1CCCN1C(=O)c1cccc(NC(=O)N(C)C)c1. The molecule has 6 nitrogen and oxygen atoms in total. The van der Waals surface area contributed by atoms with Crippen LogP contribution in [0.2, 0.25) is 0 Å². The number of likely N-dealkylation sites (tertiary alicyclic amines) is 1. The maximum atomic E-state index is 12.7. The Morgan fingerprint density at radius 2 is 2.14 bits per heavy atom. The first-order valence-corrected chi connectivity index (χ1v) is 7.57. The summed E-state index contributed by atoms with van der Waals surface area (Å²) < 4.78 is 0. The molecular formula is C16H24N4O2. The van der Waals surface area contributed by atoms with E-state index < -0.39 is 0 Å². The summed E-state index contributed by atoms with van der Waals surface area (Å²) in [4.78, 5) is 27.8. The number of hydrogen-bond donors (Lipinski definition) is 2. The molecule has 1 aliphatic rings. The lowest BCUT2D eigenvalue weighted by atomic mass is 10.1. The van der Waals surface area contributed by atoms with Crippen LogP contribution >= 0.6 is 0 Å². The van der Waals surface area contributed by atoms with Crippen LogP contribution in [0.4, 0.5) is 10.5 Å². The fraction of sp³-hybridized carbons (Fsp3) is 0.500. The van der Waals surface area contributed by atoms with Gasteiger partial charge in [-0.25, -0.2) is 4.79 Å². The van der Waals surface area contributed by atoms with Gasteiger partial charge in [0.05, 0.1) is 0 Å². The van der Waals surface area contributed by atoms with Crippen molar-refractivity contribution in [1.29, 1.82) is 0 Å². The molecule has 2 N–H and O–H groups in total. The van der Waals surface area contributed by atoms with E-state index in [2.05, 4.69) is 10.6 Å². The molecule has 3 amide bonds. The molecule has 6 heteroatoms. The van der Waals surface area contributed by atoms with E-state index in [1.807, 2.05) is 11.9 Å². The van der Waals surface area contributed by atoms with Crippen LogP contribution in [-0.2, 0) is 0 Å². The van der Waals surface area contributed by atoms with Crippen molar-refractivity contribution in [2.24, 2.45) is 0 Å². The zero-order valence-corrected chi connectivity index (χ0v) is 13.4. The second kappa shape index (κ2) is 7.26. The summed E-state index contributed by atoms with van der Waals surface area (Å²) in [6.07, 6.45) is 2.07. The number of amides is 3. The van der Waals surface area contributed by atoms with E-state index in [-0.39, 0.29) is 18.0 Å². The van der Waals surface area contributed by atoms with Crippen molar-refractivity contribution in [3.8, 4) is 0 Å². The average Bonchev–Trinajstić information content (AvgIpc) is 2.95. The lowest BCUT2D eigenvalue weighted by molar-refractivity contribution is 0.0737. The van der Waals surface area contributed by atoms with Gasteiger partial charge in [-0.3, -0.25) is 4.79 Å².